The summed E-state index contributed by atoms with van der Waals surface area (Å²) < 4.78 is 15.6. The Morgan fingerprint density at radius 3 is 1.49 bits per heavy atom. The fourth-order valence-corrected chi connectivity index (χ4v) is 3.98. The smallest absolute Gasteiger partial charge is 0.548 e. The molecule has 0 aliphatic carbocycles. The van der Waals surface area contributed by atoms with Crippen molar-refractivity contribution < 1.29 is 89.9 Å². The molecule has 43 heavy (non-hydrogen) atoms. The van der Waals surface area contributed by atoms with E-state index in [2.05, 4.69) is 20.4 Å². The maximum atomic E-state index is 12.1. The average Bonchev–Trinajstić information content (AvgIpc) is 2.97. The average molecular weight is 641 g/mol. The van der Waals surface area contributed by atoms with E-state index >= 15 is 0 Å². The van der Waals surface area contributed by atoms with Crippen molar-refractivity contribution in [1.29, 1.82) is 0 Å². The van der Waals surface area contributed by atoms with Crippen LogP contribution in [0.25, 0.3) is 0 Å². The molecule has 0 saturated carbocycles. The molecule has 4 amide bonds. The Hall–Kier alpha value is -1.04. The number of ether oxygens (including phenoxy) is 3. The monoisotopic (exact) mass is 640 g/mol. The predicted octanol–water partition coefficient (Wildman–Crippen LogP) is -3.43. The SMILES string of the molecule is CC(C)N(C)C(=O)NC(CCN1CCOCC1)C(=O)[O-].CCOC(=O)C(CCN1CCOCC1)NC(=O)N(C)C(C)C.[K+]. The van der Waals surface area contributed by atoms with Crippen molar-refractivity contribution in [3.8, 4) is 0 Å². The Balaban J connectivity index is 0.000000805. The summed E-state index contributed by atoms with van der Waals surface area (Å²) >= 11 is 0. The number of carbonyl (C=O) groups is 4. The van der Waals surface area contributed by atoms with Gasteiger partial charge in [0.25, 0.3) is 0 Å². The molecule has 0 spiro atoms. The standard InChI is InChI=1S/C15H29N3O4.C13H25N3O4.K/c1-5-22-14(19)13(16-15(20)17(4)12(2)3)6-7-18-8-10-21-11-9-18;1-10(2)15(3)13(19)14-11(12(17)18)4-5-16-6-8-20-9-7-16;/h12-13H,5-11H2,1-4H3,(H,16,20);10-11H,4-9H2,1-3H3,(H,14,19)(H,17,18);/q;;+1/p-1. The minimum Gasteiger partial charge on any atom is -0.548 e. The molecule has 2 rings (SSSR count). The second-order valence-electron chi connectivity index (χ2n) is 11.0. The summed E-state index contributed by atoms with van der Waals surface area (Å²) in [6.07, 6.45) is 0.872. The molecular formula is C28H53KN6O8. The van der Waals surface area contributed by atoms with Gasteiger partial charge in [0.05, 0.1) is 45.0 Å². The van der Waals surface area contributed by atoms with E-state index in [1.807, 2.05) is 27.7 Å². The molecule has 2 saturated heterocycles. The number of hydrogen-bond acceptors (Lipinski definition) is 10. The van der Waals surface area contributed by atoms with Crippen molar-refractivity contribution >= 4 is 24.0 Å². The number of carbonyl (C=O) groups excluding carboxylic acids is 4. The van der Waals surface area contributed by atoms with Crippen LogP contribution in [0.4, 0.5) is 9.59 Å². The molecule has 14 nitrogen and oxygen atoms in total. The number of hydrogen-bond donors (Lipinski definition) is 2. The quantitative estimate of drug-likeness (QED) is 0.154. The molecule has 2 atom stereocenters. The number of esters is 1. The molecule has 2 fully saturated rings. The Labute approximate surface area is 299 Å². The van der Waals surface area contributed by atoms with E-state index in [4.69, 9.17) is 14.2 Å². The Bertz CT molecular complexity index is 825. The van der Waals surface area contributed by atoms with Gasteiger partial charge in [0.15, 0.2) is 0 Å². The van der Waals surface area contributed by atoms with Crippen molar-refractivity contribution in [2.24, 2.45) is 0 Å². The molecule has 2 heterocycles. The van der Waals surface area contributed by atoms with E-state index in [1.165, 1.54) is 4.90 Å². The molecule has 2 unspecified atom stereocenters. The van der Waals surface area contributed by atoms with E-state index in [0.29, 0.717) is 52.4 Å². The van der Waals surface area contributed by atoms with Gasteiger partial charge in [0.1, 0.15) is 6.04 Å². The normalized spacial score (nSPS) is 17.0. The first-order valence-corrected chi connectivity index (χ1v) is 14.9. The van der Waals surface area contributed by atoms with E-state index < -0.39 is 24.1 Å². The summed E-state index contributed by atoms with van der Waals surface area (Å²) in [7, 11) is 3.35. The van der Waals surface area contributed by atoms with Crippen LogP contribution in [0, 0.1) is 0 Å². The molecule has 0 bridgehead atoms. The van der Waals surface area contributed by atoms with E-state index in [1.54, 1.807) is 25.9 Å². The number of amides is 4. The fourth-order valence-electron chi connectivity index (χ4n) is 3.98. The largest absolute Gasteiger partial charge is 1.00 e. The third-order valence-corrected chi connectivity index (χ3v) is 7.32. The zero-order chi connectivity index (χ0) is 31.7. The summed E-state index contributed by atoms with van der Waals surface area (Å²) in [5.41, 5.74) is 0. The van der Waals surface area contributed by atoms with Gasteiger partial charge in [-0.3, -0.25) is 9.80 Å². The molecule has 15 heteroatoms. The minimum absolute atomic E-state index is 0. The zero-order valence-electron chi connectivity index (χ0n) is 27.6. The van der Waals surface area contributed by atoms with Crippen LogP contribution in [0.15, 0.2) is 0 Å². The van der Waals surface area contributed by atoms with E-state index in [-0.39, 0.29) is 75.5 Å². The predicted molar refractivity (Wildman–Crippen MR) is 156 cm³/mol. The Morgan fingerprint density at radius 2 is 1.14 bits per heavy atom. The number of nitrogens with one attached hydrogen (secondary N) is 2. The van der Waals surface area contributed by atoms with Crippen molar-refractivity contribution in [1.82, 2.24) is 30.2 Å². The van der Waals surface area contributed by atoms with Gasteiger partial charge in [-0.15, -0.1) is 0 Å². The number of nitrogens with zero attached hydrogens (tertiary/aromatic N) is 4. The number of morpholine rings is 2. The zero-order valence-corrected chi connectivity index (χ0v) is 30.7. The fraction of sp³-hybridized carbons (Fsp3) is 0.857. The van der Waals surface area contributed by atoms with Crippen molar-refractivity contribution in [2.45, 2.75) is 71.6 Å². The first-order chi connectivity index (χ1) is 19.9. The Kier molecular flexibility index (Phi) is 22.8. The summed E-state index contributed by atoms with van der Waals surface area (Å²) in [6.45, 7) is 17.0. The Morgan fingerprint density at radius 1 is 0.767 bits per heavy atom. The second-order valence-corrected chi connectivity index (χ2v) is 11.0. The number of carboxylic acids is 1. The van der Waals surface area contributed by atoms with Crippen molar-refractivity contribution in [3.05, 3.63) is 0 Å². The molecule has 244 valence electrons. The first-order valence-electron chi connectivity index (χ1n) is 14.9. The molecule has 0 aromatic heterocycles. The number of carboxylic acid groups (broad SMARTS) is 1. The summed E-state index contributed by atoms with van der Waals surface area (Å²) in [5.74, 6) is -1.62. The van der Waals surface area contributed by atoms with Crippen molar-refractivity contribution in [2.75, 3.05) is 86.4 Å². The van der Waals surface area contributed by atoms with Gasteiger partial charge >= 0.3 is 69.4 Å². The minimum atomic E-state index is -1.25. The number of urea groups is 2. The molecular weight excluding hydrogens is 587 g/mol. The van der Waals surface area contributed by atoms with Gasteiger partial charge in [-0.05, 0) is 47.5 Å². The molecule has 0 radical (unpaired) electrons. The third kappa shape index (κ3) is 17.3. The van der Waals surface area contributed by atoms with Crippen LogP contribution in [0.3, 0.4) is 0 Å². The number of aliphatic carboxylic acids is 1. The van der Waals surface area contributed by atoms with Crippen molar-refractivity contribution in [3.63, 3.8) is 0 Å². The van der Waals surface area contributed by atoms with Crippen LogP contribution in [-0.2, 0) is 23.8 Å². The maximum Gasteiger partial charge on any atom is 1.00 e. The van der Waals surface area contributed by atoms with Gasteiger partial charge in [0.2, 0.25) is 0 Å². The van der Waals surface area contributed by atoms with Gasteiger partial charge in [-0.1, -0.05) is 0 Å². The molecule has 0 aromatic carbocycles. The molecule has 2 aliphatic heterocycles. The molecule has 2 aliphatic rings. The summed E-state index contributed by atoms with van der Waals surface area (Å²) in [4.78, 5) is 54.5. The van der Waals surface area contributed by atoms with Crippen LogP contribution >= 0.6 is 0 Å². The topological polar surface area (TPSA) is 156 Å². The number of rotatable bonds is 13. The van der Waals surface area contributed by atoms with Crippen LogP contribution < -0.4 is 67.1 Å². The van der Waals surface area contributed by atoms with E-state index in [9.17, 15) is 24.3 Å². The maximum absolute atomic E-state index is 12.1. The van der Waals surface area contributed by atoms with Crippen LogP contribution in [-0.4, -0.2) is 154 Å². The first kappa shape index (κ1) is 42.0. The van der Waals surface area contributed by atoms with Crippen LogP contribution in [0.5, 0.6) is 0 Å². The van der Waals surface area contributed by atoms with Crippen LogP contribution in [0.1, 0.15) is 47.5 Å². The third-order valence-electron chi connectivity index (χ3n) is 7.32. The summed E-state index contributed by atoms with van der Waals surface area (Å²) in [5, 5.41) is 16.4. The van der Waals surface area contributed by atoms with Gasteiger partial charge < -0.3 is 44.5 Å². The summed E-state index contributed by atoms with van der Waals surface area (Å²) in [6, 6.07) is -2.15. The van der Waals surface area contributed by atoms with Gasteiger partial charge in [-0.25, -0.2) is 14.4 Å². The van der Waals surface area contributed by atoms with Gasteiger partial charge in [-0.2, -0.15) is 0 Å². The molecule has 2 N–H and O–H groups in total. The second kappa shape index (κ2) is 23.3. The van der Waals surface area contributed by atoms with Gasteiger partial charge in [0, 0.05) is 65.4 Å². The van der Waals surface area contributed by atoms with E-state index in [0.717, 1.165) is 32.7 Å². The van der Waals surface area contributed by atoms with Crippen LogP contribution in [0.2, 0.25) is 0 Å². The molecule has 0 aromatic rings.